The number of rotatable bonds is 2. The molecule has 1 aromatic rings. The molecule has 0 fully saturated rings. The van der Waals surface area contributed by atoms with Gasteiger partial charge in [0.2, 0.25) is 0 Å². The van der Waals surface area contributed by atoms with Crippen LogP contribution < -0.4 is 10.5 Å². The monoisotopic (exact) mass is 216 g/mol. The second kappa shape index (κ2) is 7.90. The molecule has 0 saturated carbocycles. The molecule has 0 aliphatic heterocycles. The second-order valence-electron chi connectivity index (χ2n) is 2.05. The molecule has 0 saturated heterocycles. The van der Waals surface area contributed by atoms with Crippen LogP contribution in [0.2, 0.25) is 0 Å². The Labute approximate surface area is 84.1 Å². The van der Waals surface area contributed by atoms with E-state index in [9.17, 15) is 0 Å². The van der Waals surface area contributed by atoms with E-state index in [1.807, 2.05) is 18.4 Å². The minimum atomic E-state index is 0.665. The molecule has 0 amide bonds. The molecule has 1 rings (SSSR count). The van der Waals surface area contributed by atoms with Crippen LogP contribution in [0, 0.1) is 5.16 Å². The third-order valence-corrected chi connectivity index (χ3v) is 1.94. The summed E-state index contributed by atoms with van der Waals surface area (Å²) in [5, 5.41) is 6.39. The van der Waals surface area contributed by atoms with Gasteiger partial charge in [-0.05, 0) is 30.5 Å². The van der Waals surface area contributed by atoms with E-state index in [4.69, 9.17) is 15.6 Å². The van der Waals surface area contributed by atoms with Crippen LogP contribution in [-0.4, -0.2) is 13.4 Å². The normalized spacial score (nSPS) is 8.77. The molecular formula is C8H13N2OPS. The van der Waals surface area contributed by atoms with E-state index in [0.29, 0.717) is 7.57 Å². The Balaban J connectivity index is 0.000000310. The summed E-state index contributed by atoms with van der Waals surface area (Å²) in [6.07, 6.45) is 1.90. The topological polar surface area (TPSA) is 59.1 Å². The molecule has 13 heavy (non-hydrogen) atoms. The third kappa shape index (κ3) is 6.43. The minimum Gasteiger partial charge on any atom is -0.497 e. The van der Waals surface area contributed by atoms with E-state index in [1.165, 1.54) is 11.4 Å². The zero-order valence-electron chi connectivity index (χ0n) is 7.65. The number of hydrogen-bond acceptors (Lipinski definition) is 4. The Morgan fingerprint density at radius 3 is 2.15 bits per heavy atom. The average molecular weight is 216 g/mol. The molecule has 0 spiro atoms. The van der Waals surface area contributed by atoms with Crippen LogP contribution in [0.4, 0.5) is 5.69 Å². The molecule has 0 aromatic heterocycles. The Kier molecular flexibility index (Phi) is 7.45. The minimum absolute atomic E-state index is 0.665. The third-order valence-electron chi connectivity index (χ3n) is 1.21. The highest BCUT2D eigenvalue weighted by Crippen LogP contribution is 2.11. The van der Waals surface area contributed by atoms with Gasteiger partial charge in [0.1, 0.15) is 5.75 Å². The lowest BCUT2D eigenvalue weighted by Crippen LogP contribution is -1.84. The molecule has 3 N–H and O–H groups in total. The predicted molar refractivity (Wildman–Crippen MR) is 60.6 cm³/mol. The number of nitrogen functional groups attached to an aromatic ring is 1. The Bertz CT molecular complexity index is 240. The Hall–Kier alpha value is -0.730. The first-order valence-electron chi connectivity index (χ1n) is 3.54. The molecular weight excluding hydrogens is 203 g/mol. The molecule has 1 aromatic carbocycles. The van der Waals surface area contributed by atoms with Gasteiger partial charge in [0.05, 0.1) is 14.7 Å². The van der Waals surface area contributed by atoms with Crippen molar-refractivity contribution in [3.63, 3.8) is 0 Å². The summed E-state index contributed by atoms with van der Waals surface area (Å²) >= 11 is 1.50. The summed E-state index contributed by atoms with van der Waals surface area (Å²) in [6, 6.07) is 7.27. The summed E-state index contributed by atoms with van der Waals surface area (Å²) in [6.45, 7) is 0. The highest BCUT2D eigenvalue weighted by atomic mass is 32.7. The van der Waals surface area contributed by atoms with Gasteiger partial charge < -0.3 is 10.5 Å². The highest BCUT2D eigenvalue weighted by Gasteiger charge is 1.86. The van der Waals surface area contributed by atoms with Crippen LogP contribution in [0.15, 0.2) is 24.3 Å². The summed E-state index contributed by atoms with van der Waals surface area (Å²) < 4.78 is 4.91. The summed E-state index contributed by atoms with van der Waals surface area (Å²) in [5.74, 6) is 0.837. The van der Waals surface area contributed by atoms with Gasteiger partial charge in [-0.25, -0.2) is 0 Å². The largest absolute Gasteiger partial charge is 0.497 e. The number of anilines is 1. The maximum Gasteiger partial charge on any atom is 0.119 e. The van der Waals surface area contributed by atoms with E-state index in [0.717, 1.165) is 11.4 Å². The lowest BCUT2D eigenvalue weighted by Gasteiger charge is -1.97. The van der Waals surface area contributed by atoms with Crippen molar-refractivity contribution in [1.82, 2.24) is 0 Å². The van der Waals surface area contributed by atoms with Crippen LogP contribution in [0.1, 0.15) is 0 Å². The van der Waals surface area contributed by atoms with Crippen molar-refractivity contribution in [2.45, 2.75) is 0 Å². The first-order valence-corrected chi connectivity index (χ1v) is 6.26. The van der Waals surface area contributed by atoms with Crippen molar-refractivity contribution in [3.8, 4) is 5.75 Å². The van der Waals surface area contributed by atoms with Gasteiger partial charge in [0.15, 0.2) is 0 Å². The summed E-state index contributed by atoms with van der Waals surface area (Å²) in [4.78, 5) is 0. The molecule has 3 nitrogen and oxygen atoms in total. The number of benzene rings is 1. The number of ether oxygens (including phenoxy) is 1. The zero-order valence-corrected chi connectivity index (χ0v) is 9.36. The number of nitrogens with two attached hydrogens (primary N) is 1. The second-order valence-corrected chi connectivity index (χ2v) is 4.24. The van der Waals surface area contributed by atoms with Gasteiger partial charge in [0, 0.05) is 5.69 Å². The SMILES string of the molecule is COc1ccc(N)cc1.CSP=N. The molecule has 5 heteroatoms. The van der Waals surface area contributed by atoms with Crippen LogP contribution in [0.5, 0.6) is 5.75 Å². The van der Waals surface area contributed by atoms with Crippen LogP contribution in [0.3, 0.4) is 0 Å². The number of nitrogens with one attached hydrogen (secondary N) is 1. The predicted octanol–water partition coefficient (Wildman–Crippen LogP) is 3.25. The fourth-order valence-electron chi connectivity index (χ4n) is 0.604. The standard InChI is InChI=1S/C7H9NO.CH4NPS/c1-9-7-4-2-6(8)3-5-7;1-4-3-2/h2-5H,8H2,1H3;2H,1H3. The highest BCUT2D eigenvalue weighted by molar-refractivity contribution is 8.45. The number of hydrogen-bond donors (Lipinski definition) is 2. The van der Waals surface area contributed by atoms with Gasteiger partial charge in [-0.2, -0.15) is 0 Å². The van der Waals surface area contributed by atoms with Crippen molar-refractivity contribution < 1.29 is 4.74 Å². The van der Waals surface area contributed by atoms with Gasteiger partial charge in [-0.15, -0.1) is 0 Å². The van der Waals surface area contributed by atoms with E-state index in [-0.39, 0.29) is 0 Å². The van der Waals surface area contributed by atoms with E-state index >= 15 is 0 Å². The van der Waals surface area contributed by atoms with Crippen molar-refractivity contribution >= 4 is 24.6 Å². The van der Waals surface area contributed by atoms with E-state index in [1.54, 1.807) is 19.2 Å². The van der Waals surface area contributed by atoms with Gasteiger partial charge in [0.25, 0.3) is 0 Å². The molecule has 0 bridgehead atoms. The average Bonchev–Trinajstić information content (AvgIpc) is 2.19. The van der Waals surface area contributed by atoms with E-state index in [2.05, 4.69) is 0 Å². The van der Waals surface area contributed by atoms with Crippen LogP contribution in [-0.2, 0) is 0 Å². The fourth-order valence-corrected chi connectivity index (χ4v) is 0.604. The lowest BCUT2D eigenvalue weighted by atomic mass is 10.3. The lowest BCUT2D eigenvalue weighted by molar-refractivity contribution is 0.415. The van der Waals surface area contributed by atoms with Crippen molar-refractivity contribution in [2.24, 2.45) is 0 Å². The molecule has 0 radical (unpaired) electrons. The summed E-state index contributed by atoms with van der Waals surface area (Å²) in [5.41, 5.74) is 6.19. The van der Waals surface area contributed by atoms with Crippen LogP contribution >= 0.6 is 19.0 Å². The maximum absolute atomic E-state index is 6.39. The van der Waals surface area contributed by atoms with Crippen molar-refractivity contribution in [1.29, 1.82) is 5.16 Å². The maximum atomic E-state index is 6.39. The molecule has 0 heterocycles. The van der Waals surface area contributed by atoms with Gasteiger partial charge >= 0.3 is 0 Å². The van der Waals surface area contributed by atoms with Crippen molar-refractivity contribution in [3.05, 3.63) is 24.3 Å². The molecule has 0 aliphatic rings. The first kappa shape index (κ1) is 12.3. The molecule has 0 aliphatic carbocycles. The van der Waals surface area contributed by atoms with E-state index < -0.39 is 0 Å². The Morgan fingerprint density at radius 1 is 1.38 bits per heavy atom. The first-order chi connectivity index (χ1) is 6.24. The quantitative estimate of drug-likeness (QED) is 0.589. The van der Waals surface area contributed by atoms with Gasteiger partial charge in [-0.3, -0.25) is 5.16 Å². The van der Waals surface area contributed by atoms with Crippen molar-refractivity contribution in [2.75, 3.05) is 19.1 Å². The number of methoxy groups -OCH3 is 1. The Morgan fingerprint density at radius 2 is 1.85 bits per heavy atom. The zero-order chi connectivity index (χ0) is 10.1. The summed E-state index contributed by atoms with van der Waals surface area (Å²) in [7, 11) is 2.30. The molecule has 72 valence electrons. The van der Waals surface area contributed by atoms with Gasteiger partial charge in [-0.1, -0.05) is 11.4 Å². The molecule has 0 atom stereocenters. The smallest absolute Gasteiger partial charge is 0.119 e. The van der Waals surface area contributed by atoms with Crippen LogP contribution in [0.25, 0.3) is 0 Å². The fraction of sp³-hybridized carbons (Fsp3) is 0.250. The molecule has 0 unspecified atom stereocenters.